The molecule has 1 aliphatic rings. The van der Waals surface area contributed by atoms with E-state index in [1.807, 2.05) is 41.8 Å². The van der Waals surface area contributed by atoms with Crippen LogP contribution in [-0.2, 0) is 4.79 Å². The lowest BCUT2D eigenvalue weighted by atomic mass is 10.1. The molecule has 148 valence electrons. The fourth-order valence-corrected chi connectivity index (χ4v) is 3.29. The normalized spacial score (nSPS) is 15.1. The van der Waals surface area contributed by atoms with Crippen molar-refractivity contribution in [3.63, 3.8) is 0 Å². The number of ether oxygens (including phenoxy) is 1. The summed E-state index contributed by atoms with van der Waals surface area (Å²) >= 11 is 0. The summed E-state index contributed by atoms with van der Waals surface area (Å²) in [5, 5.41) is 0. The molecule has 6 nitrogen and oxygen atoms in total. The van der Waals surface area contributed by atoms with Gasteiger partial charge in [0, 0.05) is 39.3 Å². The first-order chi connectivity index (χ1) is 13.1. The van der Waals surface area contributed by atoms with Crippen LogP contribution in [0.15, 0.2) is 36.9 Å². The molecule has 1 aromatic carbocycles. The van der Waals surface area contributed by atoms with E-state index in [9.17, 15) is 9.59 Å². The second kappa shape index (κ2) is 10.7. The first-order valence-corrected chi connectivity index (χ1v) is 9.72. The van der Waals surface area contributed by atoms with Crippen molar-refractivity contribution in [1.82, 2.24) is 14.7 Å². The number of nitrogens with zero attached hydrogens (tertiary/aromatic N) is 3. The van der Waals surface area contributed by atoms with Gasteiger partial charge in [-0.3, -0.25) is 14.5 Å². The molecule has 1 aliphatic heterocycles. The van der Waals surface area contributed by atoms with Gasteiger partial charge in [0.15, 0.2) is 0 Å². The third-order valence-corrected chi connectivity index (χ3v) is 4.82. The monoisotopic (exact) mass is 373 g/mol. The van der Waals surface area contributed by atoms with Crippen molar-refractivity contribution in [1.29, 1.82) is 0 Å². The van der Waals surface area contributed by atoms with E-state index >= 15 is 0 Å². The van der Waals surface area contributed by atoms with Crippen molar-refractivity contribution in [2.45, 2.75) is 20.3 Å². The van der Waals surface area contributed by atoms with Gasteiger partial charge in [-0.2, -0.15) is 0 Å². The van der Waals surface area contributed by atoms with E-state index in [2.05, 4.69) is 11.5 Å². The van der Waals surface area contributed by atoms with Crippen molar-refractivity contribution >= 4 is 11.8 Å². The van der Waals surface area contributed by atoms with Crippen LogP contribution in [0.25, 0.3) is 0 Å². The zero-order chi connectivity index (χ0) is 19.6. The van der Waals surface area contributed by atoms with E-state index in [0.29, 0.717) is 44.1 Å². The number of carbonyl (C=O) groups is 2. The number of hydrogen-bond acceptors (Lipinski definition) is 4. The Hall–Kier alpha value is -2.34. The Morgan fingerprint density at radius 3 is 2.59 bits per heavy atom. The lowest BCUT2D eigenvalue weighted by Crippen LogP contribution is -2.42. The molecule has 0 saturated carbocycles. The lowest BCUT2D eigenvalue weighted by molar-refractivity contribution is -0.132. The maximum absolute atomic E-state index is 13.0. The van der Waals surface area contributed by atoms with Crippen LogP contribution in [0.1, 0.15) is 30.6 Å². The van der Waals surface area contributed by atoms with Crippen LogP contribution in [0.4, 0.5) is 0 Å². The van der Waals surface area contributed by atoms with Gasteiger partial charge in [-0.1, -0.05) is 24.8 Å². The van der Waals surface area contributed by atoms with Crippen molar-refractivity contribution in [2.24, 2.45) is 0 Å². The molecular weight excluding hydrogens is 342 g/mol. The third-order valence-electron chi connectivity index (χ3n) is 4.82. The van der Waals surface area contributed by atoms with E-state index in [4.69, 9.17) is 4.74 Å². The van der Waals surface area contributed by atoms with Crippen LogP contribution in [0.5, 0.6) is 5.75 Å². The molecule has 6 heteroatoms. The highest BCUT2D eigenvalue weighted by molar-refractivity contribution is 5.97. The van der Waals surface area contributed by atoms with Crippen molar-refractivity contribution in [3.05, 3.63) is 42.5 Å². The topological polar surface area (TPSA) is 53.1 Å². The molecule has 2 rings (SSSR count). The first-order valence-electron chi connectivity index (χ1n) is 9.72. The second-order valence-corrected chi connectivity index (χ2v) is 6.58. The van der Waals surface area contributed by atoms with Crippen LogP contribution in [-0.4, -0.2) is 78.9 Å². The van der Waals surface area contributed by atoms with Gasteiger partial charge < -0.3 is 14.5 Å². The van der Waals surface area contributed by atoms with Crippen molar-refractivity contribution in [3.8, 4) is 5.75 Å². The molecule has 0 spiro atoms. The molecule has 0 unspecified atom stereocenters. The van der Waals surface area contributed by atoms with Gasteiger partial charge >= 0.3 is 0 Å². The zero-order valence-corrected chi connectivity index (χ0v) is 16.5. The fraction of sp³-hybridized carbons (Fsp3) is 0.524. The minimum absolute atomic E-state index is 0.0217. The molecule has 1 aromatic rings. The van der Waals surface area contributed by atoms with E-state index in [1.165, 1.54) is 0 Å². The molecular formula is C21H31N3O3. The van der Waals surface area contributed by atoms with Crippen LogP contribution in [0.2, 0.25) is 0 Å². The minimum atomic E-state index is -0.0217. The van der Waals surface area contributed by atoms with E-state index in [1.54, 1.807) is 12.1 Å². The highest BCUT2D eigenvalue weighted by Gasteiger charge is 2.24. The maximum Gasteiger partial charge on any atom is 0.257 e. The second-order valence-electron chi connectivity index (χ2n) is 6.58. The summed E-state index contributed by atoms with van der Waals surface area (Å²) in [5.41, 5.74) is 0.576. The molecule has 2 amide bonds. The van der Waals surface area contributed by atoms with Gasteiger partial charge in [-0.05, 0) is 32.4 Å². The molecule has 1 fully saturated rings. The Kier molecular flexibility index (Phi) is 8.33. The van der Waals surface area contributed by atoms with E-state index < -0.39 is 0 Å². The number of carbonyl (C=O) groups excluding carboxylic acids is 2. The molecule has 1 heterocycles. The Labute approximate surface area is 162 Å². The summed E-state index contributed by atoms with van der Waals surface area (Å²) in [4.78, 5) is 31.2. The SMILES string of the molecule is C=CCOc1ccccc1C(=O)N1CCCN(CC(=O)N(CC)CC)CC1. The van der Waals surface area contributed by atoms with Crippen molar-refractivity contribution < 1.29 is 14.3 Å². The number of hydrogen-bond donors (Lipinski definition) is 0. The molecule has 0 aliphatic carbocycles. The van der Waals surface area contributed by atoms with Gasteiger partial charge in [0.2, 0.25) is 5.91 Å². The standard InChI is InChI=1S/C21H31N3O3/c1-4-16-27-19-11-8-7-10-18(19)21(26)24-13-9-12-22(14-15-24)17-20(25)23(5-2)6-3/h4,7-8,10-11H,1,5-6,9,12-17H2,2-3H3. The van der Waals surface area contributed by atoms with Crippen LogP contribution < -0.4 is 4.74 Å². The predicted octanol–water partition coefficient (Wildman–Crippen LogP) is 2.27. The summed E-state index contributed by atoms with van der Waals surface area (Å²) in [6.07, 6.45) is 2.52. The fourth-order valence-electron chi connectivity index (χ4n) is 3.29. The molecule has 0 aromatic heterocycles. The summed E-state index contributed by atoms with van der Waals surface area (Å²) in [7, 11) is 0. The minimum Gasteiger partial charge on any atom is -0.489 e. The van der Waals surface area contributed by atoms with Gasteiger partial charge in [-0.25, -0.2) is 0 Å². The largest absolute Gasteiger partial charge is 0.489 e. The van der Waals surface area contributed by atoms with Crippen molar-refractivity contribution in [2.75, 3.05) is 52.4 Å². The average Bonchev–Trinajstić information content (AvgIpc) is 2.92. The number of likely N-dealkylation sites (N-methyl/N-ethyl adjacent to an activating group) is 1. The first kappa shape index (κ1) is 21.0. The quantitative estimate of drug-likeness (QED) is 0.656. The lowest BCUT2D eigenvalue weighted by Gasteiger charge is -2.25. The number of para-hydroxylation sites is 1. The van der Waals surface area contributed by atoms with Crippen LogP contribution in [0, 0.1) is 0 Å². The van der Waals surface area contributed by atoms with Gasteiger partial charge in [0.1, 0.15) is 12.4 Å². The molecule has 0 bridgehead atoms. The summed E-state index contributed by atoms with van der Waals surface area (Å²) < 4.78 is 5.63. The highest BCUT2D eigenvalue weighted by atomic mass is 16.5. The summed E-state index contributed by atoms with van der Waals surface area (Å²) in [6, 6.07) is 7.32. The molecule has 0 N–H and O–H groups in total. The predicted molar refractivity (Wildman–Crippen MR) is 107 cm³/mol. The van der Waals surface area contributed by atoms with E-state index in [-0.39, 0.29) is 11.8 Å². The Balaban J connectivity index is 1.98. The summed E-state index contributed by atoms with van der Waals surface area (Å²) in [5.74, 6) is 0.717. The van der Waals surface area contributed by atoms with Gasteiger partial charge in [0.05, 0.1) is 12.1 Å². The number of amides is 2. The zero-order valence-electron chi connectivity index (χ0n) is 16.5. The molecule has 0 radical (unpaired) electrons. The molecule has 1 saturated heterocycles. The number of benzene rings is 1. The van der Waals surface area contributed by atoms with Crippen LogP contribution >= 0.6 is 0 Å². The molecule has 0 atom stereocenters. The highest BCUT2D eigenvalue weighted by Crippen LogP contribution is 2.21. The number of rotatable bonds is 8. The Morgan fingerprint density at radius 2 is 1.89 bits per heavy atom. The third kappa shape index (κ3) is 5.82. The Bertz CT molecular complexity index is 643. The maximum atomic E-state index is 13.0. The van der Waals surface area contributed by atoms with Gasteiger partial charge in [-0.15, -0.1) is 0 Å². The average molecular weight is 373 g/mol. The molecule has 27 heavy (non-hydrogen) atoms. The van der Waals surface area contributed by atoms with E-state index in [0.717, 1.165) is 26.1 Å². The van der Waals surface area contributed by atoms with Gasteiger partial charge in [0.25, 0.3) is 5.91 Å². The van der Waals surface area contributed by atoms with Crippen LogP contribution in [0.3, 0.4) is 0 Å². The summed E-state index contributed by atoms with van der Waals surface area (Å²) in [6.45, 7) is 12.7. The Morgan fingerprint density at radius 1 is 1.15 bits per heavy atom. The smallest absolute Gasteiger partial charge is 0.257 e.